The van der Waals surface area contributed by atoms with Gasteiger partial charge in [0.15, 0.2) is 0 Å². The maximum atomic E-state index is 7.01. The molecular weight excluding hydrogens is 607 g/mol. The molecule has 0 aliphatic heterocycles. The molecule has 2 heteroatoms. The Morgan fingerprint density at radius 3 is 1.52 bits per heavy atom. The number of para-hydroxylation sites is 2. The molecule has 0 amide bonds. The Hall–Kier alpha value is -6.64. The van der Waals surface area contributed by atoms with Crippen LogP contribution in [-0.2, 0) is 0 Å². The molecule has 0 bridgehead atoms. The predicted octanol–water partition coefficient (Wildman–Crippen LogP) is 13.3. The highest BCUT2D eigenvalue weighted by Crippen LogP contribution is 2.53. The molecule has 2 nitrogen and oxygen atoms in total. The first-order valence-electron chi connectivity index (χ1n) is 17.2. The van der Waals surface area contributed by atoms with Gasteiger partial charge in [0, 0.05) is 38.4 Å². The lowest BCUT2D eigenvalue weighted by Crippen LogP contribution is -1.93. The summed E-state index contributed by atoms with van der Waals surface area (Å²) < 4.78 is 9.37. The Bertz CT molecular complexity index is 2900. The molecular formula is C48H29NO. The third-order valence-corrected chi connectivity index (χ3v) is 10.6. The molecule has 232 valence electrons. The zero-order chi connectivity index (χ0) is 32.8. The van der Waals surface area contributed by atoms with Crippen molar-refractivity contribution in [3.63, 3.8) is 0 Å². The molecule has 0 spiro atoms. The Morgan fingerprint density at radius 2 is 0.860 bits per heavy atom. The summed E-state index contributed by atoms with van der Waals surface area (Å²) >= 11 is 0. The summed E-state index contributed by atoms with van der Waals surface area (Å²) in [6.45, 7) is 0. The van der Waals surface area contributed by atoms with Gasteiger partial charge < -0.3 is 8.98 Å². The Kier molecular flexibility index (Phi) is 5.70. The average Bonchev–Trinajstić information content (AvgIpc) is 3.72. The molecule has 1 aliphatic carbocycles. The Morgan fingerprint density at radius 1 is 0.380 bits per heavy atom. The minimum atomic E-state index is 0.908. The van der Waals surface area contributed by atoms with Crippen LogP contribution in [0.5, 0.6) is 0 Å². The number of furan rings is 1. The number of hydrogen-bond acceptors (Lipinski definition) is 1. The van der Waals surface area contributed by atoms with Gasteiger partial charge in [-0.15, -0.1) is 0 Å². The van der Waals surface area contributed by atoms with Gasteiger partial charge in [-0.25, -0.2) is 0 Å². The molecule has 0 N–H and O–H groups in total. The minimum Gasteiger partial charge on any atom is -0.455 e. The van der Waals surface area contributed by atoms with E-state index in [0.29, 0.717) is 0 Å². The fourth-order valence-electron chi connectivity index (χ4n) is 8.31. The molecule has 0 saturated carbocycles. The van der Waals surface area contributed by atoms with Crippen LogP contribution in [0, 0.1) is 0 Å². The van der Waals surface area contributed by atoms with E-state index in [-0.39, 0.29) is 0 Å². The second kappa shape index (κ2) is 10.4. The summed E-state index contributed by atoms with van der Waals surface area (Å²) in [5.74, 6) is 0.908. The zero-order valence-corrected chi connectivity index (χ0v) is 27.1. The molecule has 0 atom stereocenters. The average molecular weight is 636 g/mol. The smallest absolute Gasteiger partial charge is 0.143 e. The lowest BCUT2D eigenvalue weighted by atomic mass is 9.93. The largest absolute Gasteiger partial charge is 0.455 e. The van der Waals surface area contributed by atoms with Crippen molar-refractivity contribution in [3.05, 3.63) is 176 Å². The van der Waals surface area contributed by atoms with Crippen molar-refractivity contribution in [1.82, 2.24) is 4.57 Å². The normalized spacial score (nSPS) is 12.0. The fraction of sp³-hybridized carbons (Fsp3) is 0. The molecule has 11 rings (SSSR count). The van der Waals surface area contributed by atoms with Gasteiger partial charge in [0.1, 0.15) is 11.3 Å². The van der Waals surface area contributed by atoms with Gasteiger partial charge in [-0.1, -0.05) is 146 Å². The van der Waals surface area contributed by atoms with Crippen LogP contribution in [0.3, 0.4) is 0 Å². The van der Waals surface area contributed by atoms with E-state index < -0.39 is 0 Å². The first-order chi connectivity index (χ1) is 24.8. The van der Waals surface area contributed by atoms with Gasteiger partial charge in [-0.3, -0.25) is 0 Å². The number of hydrogen-bond donors (Lipinski definition) is 0. The summed E-state index contributed by atoms with van der Waals surface area (Å²) in [4.78, 5) is 0. The monoisotopic (exact) mass is 635 g/mol. The molecule has 0 radical (unpaired) electrons. The molecule has 2 heterocycles. The van der Waals surface area contributed by atoms with Crippen LogP contribution in [0.1, 0.15) is 0 Å². The van der Waals surface area contributed by atoms with Gasteiger partial charge in [-0.05, 0) is 74.7 Å². The van der Waals surface area contributed by atoms with E-state index in [1.165, 1.54) is 71.5 Å². The first-order valence-corrected chi connectivity index (χ1v) is 17.2. The van der Waals surface area contributed by atoms with Crippen molar-refractivity contribution >= 4 is 43.5 Å². The molecule has 8 aromatic carbocycles. The summed E-state index contributed by atoms with van der Waals surface area (Å²) in [5.41, 5.74) is 15.3. The summed E-state index contributed by atoms with van der Waals surface area (Å²) in [5, 5.41) is 6.04. The quantitative estimate of drug-likeness (QED) is 0.189. The van der Waals surface area contributed by atoms with Crippen molar-refractivity contribution in [2.75, 3.05) is 0 Å². The van der Waals surface area contributed by atoms with Crippen LogP contribution in [0.4, 0.5) is 0 Å². The summed E-state index contributed by atoms with van der Waals surface area (Å²) in [7, 11) is 0. The first kappa shape index (κ1) is 27.3. The van der Waals surface area contributed by atoms with Gasteiger partial charge in [-0.2, -0.15) is 0 Å². The van der Waals surface area contributed by atoms with E-state index in [1.807, 2.05) is 0 Å². The van der Waals surface area contributed by atoms with Crippen LogP contribution in [0.2, 0.25) is 0 Å². The SMILES string of the molecule is c1ccc2c(c1)-c1ccccc1-c1c(-c3ccc(-c4ccc(-n5c6ccccc6c6ccccc65)cc4)cc3)oc3c1c-2cc1ccccc13. The third-order valence-electron chi connectivity index (χ3n) is 10.6. The maximum Gasteiger partial charge on any atom is 0.143 e. The van der Waals surface area contributed by atoms with Gasteiger partial charge in [0.25, 0.3) is 0 Å². The number of fused-ring (bicyclic) bond motifs is 10. The van der Waals surface area contributed by atoms with E-state index >= 15 is 0 Å². The number of aromatic nitrogens is 1. The van der Waals surface area contributed by atoms with Gasteiger partial charge in [0.05, 0.1) is 11.0 Å². The standard InChI is InChI=1S/C48H29NO/c1-2-12-35-33(11-1)29-42-38-15-4-3-13-36(38)37-14-5-6-18-41(37)45-46(42)48(35)50-47(45)32-23-21-30(22-24-32)31-25-27-34(28-26-31)49-43-19-9-7-16-39(43)40-17-8-10-20-44(40)49/h1-29H. The number of benzene rings is 8. The number of rotatable bonds is 3. The molecule has 0 fully saturated rings. The molecule has 0 unspecified atom stereocenters. The van der Waals surface area contributed by atoms with Gasteiger partial charge >= 0.3 is 0 Å². The second-order valence-corrected chi connectivity index (χ2v) is 13.2. The van der Waals surface area contributed by atoms with E-state index in [9.17, 15) is 0 Å². The van der Waals surface area contributed by atoms with E-state index in [4.69, 9.17) is 4.42 Å². The van der Waals surface area contributed by atoms with Crippen molar-refractivity contribution in [3.8, 4) is 61.5 Å². The van der Waals surface area contributed by atoms with E-state index in [1.54, 1.807) is 0 Å². The topological polar surface area (TPSA) is 18.1 Å². The number of nitrogens with zero attached hydrogens (tertiary/aromatic N) is 1. The van der Waals surface area contributed by atoms with Crippen molar-refractivity contribution in [2.45, 2.75) is 0 Å². The lowest BCUT2D eigenvalue weighted by molar-refractivity contribution is 0.636. The van der Waals surface area contributed by atoms with Crippen molar-refractivity contribution < 1.29 is 4.42 Å². The van der Waals surface area contributed by atoms with Crippen LogP contribution in [0.15, 0.2) is 180 Å². The zero-order valence-electron chi connectivity index (χ0n) is 27.1. The predicted molar refractivity (Wildman–Crippen MR) is 209 cm³/mol. The minimum absolute atomic E-state index is 0.908. The molecule has 50 heavy (non-hydrogen) atoms. The Balaban J connectivity index is 1.06. The maximum absolute atomic E-state index is 7.01. The van der Waals surface area contributed by atoms with Crippen LogP contribution in [-0.4, -0.2) is 4.57 Å². The molecule has 10 aromatic rings. The molecule has 2 aromatic heterocycles. The highest BCUT2D eigenvalue weighted by Gasteiger charge is 2.28. The van der Waals surface area contributed by atoms with Crippen molar-refractivity contribution in [2.24, 2.45) is 0 Å². The van der Waals surface area contributed by atoms with Crippen LogP contribution in [0.25, 0.3) is 105 Å². The Labute approximate surface area is 289 Å². The van der Waals surface area contributed by atoms with Crippen LogP contribution >= 0.6 is 0 Å². The van der Waals surface area contributed by atoms with Crippen LogP contribution < -0.4 is 0 Å². The summed E-state index contributed by atoms with van der Waals surface area (Å²) in [6.07, 6.45) is 0. The van der Waals surface area contributed by atoms with E-state index in [2.05, 4.69) is 180 Å². The molecule has 1 aliphatic rings. The highest BCUT2D eigenvalue weighted by atomic mass is 16.3. The molecule has 0 saturated heterocycles. The van der Waals surface area contributed by atoms with Gasteiger partial charge in [0.2, 0.25) is 0 Å². The fourth-order valence-corrected chi connectivity index (χ4v) is 8.31. The third kappa shape index (κ3) is 3.85. The lowest BCUT2D eigenvalue weighted by Gasteiger charge is -2.12. The van der Waals surface area contributed by atoms with E-state index in [0.717, 1.165) is 33.5 Å². The summed E-state index contributed by atoms with van der Waals surface area (Å²) in [6, 6.07) is 63.6. The van der Waals surface area contributed by atoms with Crippen molar-refractivity contribution in [1.29, 1.82) is 0 Å². The highest BCUT2D eigenvalue weighted by molar-refractivity contribution is 6.22. The second-order valence-electron chi connectivity index (χ2n) is 13.2.